The number of carbonyl (C=O) groups is 3. The molecule has 0 spiro atoms. The van der Waals surface area contributed by atoms with E-state index < -0.39 is 35.7 Å². The summed E-state index contributed by atoms with van der Waals surface area (Å²) in [5.41, 5.74) is 1.32. The number of rotatable bonds is 7. The summed E-state index contributed by atoms with van der Waals surface area (Å²) >= 11 is 0. The number of carboxylic acids is 1. The molecule has 2 aromatic rings. The van der Waals surface area contributed by atoms with E-state index in [1.807, 2.05) is 48.5 Å². The Morgan fingerprint density at radius 1 is 1.06 bits per heavy atom. The van der Waals surface area contributed by atoms with Crippen LogP contribution in [-0.4, -0.2) is 52.5 Å². The Morgan fingerprint density at radius 2 is 1.62 bits per heavy atom. The lowest BCUT2D eigenvalue weighted by atomic mass is 9.75. The standard InChI is InChI=1S/C24H26N2O6/c1-23(14-27,21(29)30)25-20(28)24(11-6-12-24)26-22(31)32-13-19-17-9-4-2-7-15(17)16-8-3-5-10-18(16)19/h2-5,7-10,19,27H,6,11-14H2,1H3,(H,25,28)(H,26,31)(H,29,30). The molecule has 2 aliphatic carbocycles. The number of hydrogen-bond acceptors (Lipinski definition) is 5. The van der Waals surface area contributed by atoms with Gasteiger partial charge in [0.1, 0.15) is 12.1 Å². The monoisotopic (exact) mass is 438 g/mol. The number of aliphatic hydroxyl groups is 1. The van der Waals surface area contributed by atoms with Gasteiger partial charge in [-0.15, -0.1) is 0 Å². The molecule has 2 aliphatic rings. The minimum atomic E-state index is -1.83. The van der Waals surface area contributed by atoms with Crippen LogP contribution >= 0.6 is 0 Å². The lowest BCUT2D eigenvalue weighted by molar-refractivity contribution is -0.150. The zero-order chi connectivity index (χ0) is 22.9. The quantitative estimate of drug-likeness (QED) is 0.526. The van der Waals surface area contributed by atoms with Gasteiger partial charge in [-0.05, 0) is 48.4 Å². The van der Waals surface area contributed by atoms with Crippen LogP contribution in [0.1, 0.15) is 43.2 Å². The zero-order valence-electron chi connectivity index (χ0n) is 17.8. The molecule has 32 heavy (non-hydrogen) atoms. The summed E-state index contributed by atoms with van der Waals surface area (Å²) in [4.78, 5) is 36.8. The molecular formula is C24H26N2O6. The van der Waals surface area contributed by atoms with Crippen LogP contribution in [0.4, 0.5) is 4.79 Å². The largest absolute Gasteiger partial charge is 0.479 e. The number of carbonyl (C=O) groups excluding carboxylic acids is 2. The number of aliphatic carboxylic acids is 1. The first-order valence-electron chi connectivity index (χ1n) is 10.6. The van der Waals surface area contributed by atoms with E-state index in [-0.39, 0.29) is 12.5 Å². The summed E-state index contributed by atoms with van der Waals surface area (Å²) in [7, 11) is 0. The second-order valence-electron chi connectivity index (χ2n) is 8.64. The molecule has 1 saturated carbocycles. The molecule has 168 valence electrons. The molecule has 8 heteroatoms. The Balaban J connectivity index is 1.44. The normalized spacial score (nSPS) is 17.8. The van der Waals surface area contributed by atoms with E-state index in [4.69, 9.17) is 4.74 Å². The van der Waals surface area contributed by atoms with Crippen LogP contribution in [0.2, 0.25) is 0 Å². The van der Waals surface area contributed by atoms with E-state index in [1.165, 1.54) is 6.92 Å². The van der Waals surface area contributed by atoms with Gasteiger partial charge in [-0.3, -0.25) is 4.79 Å². The van der Waals surface area contributed by atoms with Crippen LogP contribution in [0, 0.1) is 0 Å². The molecule has 1 unspecified atom stereocenters. The Labute approximate surface area is 185 Å². The molecule has 4 N–H and O–H groups in total. The summed E-state index contributed by atoms with van der Waals surface area (Å²) < 4.78 is 5.53. The highest BCUT2D eigenvalue weighted by Crippen LogP contribution is 2.44. The number of ether oxygens (including phenoxy) is 1. The summed E-state index contributed by atoms with van der Waals surface area (Å²) in [5, 5.41) is 23.7. The predicted molar refractivity (Wildman–Crippen MR) is 116 cm³/mol. The molecule has 1 fully saturated rings. The minimum absolute atomic E-state index is 0.107. The highest BCUT2D eigenvalue weighted by Gasteiger charge is 2.49. The highest BCUT2D eigenvalue weighted by atomic mass is 16.5. The molecule has 0 saturated heterocycles. The van der Waals surface area contributed by atoms with Crippen LogP contribution in [0.25, 0.3) is 11.1 Å². The van der Waals surface area contributed by atoms with Crippen LogP contribution in [0.3, 0.4) is 0 Å². The van der Waals surface area contributed by atoms with Crippen molar-refractivity contribution in [3.8, 4) is 11.1 Å². The molecular weight excluding hydrogens is 412 g/mol. The average Bonchev–Trinajstić information content (AvgIpc) is 3.08. The summed E-state index contributed by atoms with van der Waals surface area (Å²) in [5.74, 6) is -2.11. The van der Waals surface area contributed by atoms with Gasteiger partial charge >= 0.3 is 12.1 Å². The molecule has 1 atom stereocenters. The van der Waals surface area contributed by atoms with Crippen molar-refractivity contribution in [3.05, 3.63) is 59.7 Å². The third-order valence-electron chi connectivity index (χ3n) is 6.50. The molecule has 2 aromatic carbocycles. The zero-order valence-corrected chi connectivity index (χ0v) is 17.8. The topological polar surface area (TPSA) is 125 Å². The van der Waals surface area contributed by atoms with Crippen LogP contribution in [0.15, 0.2) is 48.5 Å². The first-order chi connectivity index (χ1) is 15.3. The smallest absolute Gasteiger partial charge is 0.408 e. The number of amides is 2. The van der Waals surface area contributed by atoms with Crippen molar-refractivity contribution in [1.82, 2.24) is 10.6 Å². The number of fused-ring (bicyclic) bond motifs is 3. The van der Waals surface area contributed by atoms with E-state index in [1.54, 1.807) is 0 Å². The minimum Gasteiger partial charge on any atom is -0.479 e. The molecule has 8 nitrogen and oxygen atoms in total. The lowest BCUT2D eigenvalue weighted by Crippen LogP contribution is -2.68. The molecule has 0 aliphatic heterocycles. The van der Waals surface area contributed by atoms with Crippen molar-refractivity contribution in [3.63, 3.8) is 0 Å². The maximum absolute atomic E-state index is 12.8. The van der Waals surface area contributed by atoms with Gasteiger partial charge < -0.3 is 25.6 Å². The van der Waals surface area contributed by atoms with Gasteiger partial charge in [-0.1, -0.05) is 48.5 Å². The van der Waals surface area contributed by atoms with Crippen molar-refractivity contribution < 1.29 is 29.3 Å². The molecule has 0 radical (unpaired) electrons. The summed E-state index contributed by atoms with van der Waals surface area (Å²) in [6.45, 7) is 0.559. The SMILES string of the molecule is CC(CO)(NC(=O)C1(NC(=O)OCC2c3ccccc3-c3ccccc32)CCC1)C(=O)O. The Hall–Kier alpha value is -3.39. The van der Waals surface area contributed by atoms with Crippen LogP contribution < -0.4 is 10.6 Å². The maximum Gasteiger partial charge on any atom is 0.408 e. The summed E-state index contributed by atoms with van der Waals surface area (Å²) in [6.07, 6.45) is 0.705. The van der Waals surface area contributed by atoms with Crippen molar-refractivity contribution in [2.45, 2.75) is 43.2 Å². The second-order valence-corrected chi connectivity index (χ2v) is 8.64. The lowest BCUT2D eigenvalue weighted by Gasteiger charge is -2.42. The van der Waals surface area contributed by atoms with Gasteiger partial charge in [0.2, 0.25) is 5.91 Å². The third kappa shape index (κ3) is 3.71. The molecule has 0 bridgehead atoms. The maximum atomic E-state index is 12.8. The molecule has 4 rings (SSSR count). The number of benzene rings is 2. The van der Waals surface area contributed by atoms with E-state index in [0.29, 0.717) is 19.3 Å². The Morgan fingerprint density at radius 3 is 2.09 bits per heavy atom. The average molecular weight is 438 g/mol. The van der Waals surface area contributed by atoms with Gasteiger partial charge in [0, 0.05) is 5.92 Å². The van der Waals surface area contributed by atoms with Gasteiger partial charge in [0.15, 0.2) is 5.54 Å². The number of hydrogen-bond donors (Lipinski definition) is 4. The third-order valence-corrected chi connectivity index (χ3v) is 6.50. The van der Waals surface area contributed by atoms with Crippen LogP contribution in [0.5, 0.6) is 0 Å². The molecule has 0 heterocycles. The fraction of sp³-hybridized carbons (Fsp3) is 0.375. The van der Waals surface area contributed by atoms with Crippen molar-refractivity contribution >= 4 is 18.0 Å². The van der Waals surface area contributed by atoms with Crippen molar-refractivity contribution in [2.24, 2.45) is 0 Å². The van der Waals surface area contributed by atoms with E-state index in [2.05, 4.69) is 10.6 Å². The number of nitrogens with one attached hydrogen (secondary N) is 2. The highest BCUT2D eigenvalue weighted by molar-refractivity contribution is 5.95. The van der Waals surface area contributed by atoms with Crippen LogP contribution in [-0.2, 0) is 14.3 Å². The van der Waals surface area contributed by atoms with Gasteiger partial charge in [0.05, 0.1) is 6.61 Å². The molecule has 0 aromatic heterocycles. The van der Waals surface area contributed by atoms with Gasteiger partial charge in [-0.25, -0.2) is 9.59 Å². The van der Waals surface area contributed by atoms with Crippen molar-refractivity contribution in [2.75, 3.05) is 13.2 Å². The van der Waals surface area contributed by atoms with E-state index >= 15 is 0 Å². The van der Waals surface area contributed by atoms with Gasteiger partial charge in [-0.2, -0.15) is 0 Å². The van der Waals surface area contributed by atoms with Gasteiger partial charge in [0.25, 0.3) is 0 Å². The van der Waals surface area contributed by atoms with E-state index in [0.717, 1.165) is 22.3 Å². The summed E-state index contributed by atoms with van der Waals surface area (Å²) in [6, 6.07) is 16.0. The Bertz CT molecular complexity index is 1020. The first kappa shape index (κ1) is 21.8. The first-order valence-corrected chi connectivity index (χ1v) is 10.6. The number of aliphatic hydroxyl groups excluding tert-OH is 1. The predicted octanol–water partition coefficient (Wildman–Crippen LogP) is 2.40. The fourth-order valence-electron chi connectivity index (χ4n) is 4.30. The number of alkyl carbamates (subject to hydrolysis) is 1. The second kappa shape index (κ2) is 8.27. The Kier molecular flexibility index (Phi) is 5.64. The number of carboxylic acid groups (broad SMARTS) is 1. The molecule has 2 amide bonds. The fourth-order valence-corrected chi connectivity index (χ4v) is 4.30. The van der Waals surface area contributed by atoms with E-state index in [9.17, 15) is 24.6 Å². The van der Waals surface area contributed by atoms with Crippen molar-refractivity contribution in [1.29, 1.82) is 0 Å².